The number of hydrogen-bond donors (Lipinski definition) is 2. The van der Waals surface area contributed by atoms with Crippen LogP contribution in [0.1, 0.15) is 65.2 Å². The van der Waals surface area contributed by atoms with Gasteiger partial charge in [0.25, 0.3) is 0 Å². The Hall–Kier alpha value is -1.16. The molecular formula is C18H28O3S. The SMILES string of the molecule is CC(S)C(=O)OCc1cc(C(C)(C)C)c(O)c(C(C)(C)C)c1. The van der Waals surface area contributed by atoms with Crippen molar-refractivity contribution in [2.24, 2.45) is 0 Å². The monoisotopic (exact) mass is 324 g/mol. The summed E-state index contributed by atoms with van der Waals surface area (Å²) in [5, 5.41) is 10.2. The molecule has 0 amide bonds. The largest absolute Gasteiger partial charge is 0.507 e. The summed E-state index contributed by atoms with van der Waals surface area (Å²) in [7, 11) is 0. The van der Waals surface area contributed by atoms with E-state index in [1.165, 1.54) is 0 Å². The van der Waals surface area contributed by atoms with Crippen molar-refractivity contribution in [2.45, 2.75) is 71.2 Å². The lowest BCUT2D eigenvalue weighted by Crippen LogP contribution is -2.19. The smallest absolute Gasteiger partial charge is 0.318 e. The van der Waals surface area contributed by atoms with Crippen LogP contribution in [0.25, 0.3) is 0 Å². The third-order valence-corrected chi connectivity index (χ3v) is 3.72. The number of benzene rings is 1. The Morgan fingerprint density at radius 1 is 1.14 bits per heavy atom. The molecule has 4 heteroatoms. The predicted octanol–water partition coefficient (Wildman–Crippen LogP) is 4.35. The average molecular weight is 324 g/mol. The van der Waals surface area contributed by atoms with Crippen LogP contribution in [-0.4, -0.2) is 16.3 Å². The van der Waals surface area contributed by atoms with Gasteiger partial charge in [-0.3, -0.25) is 4.79 Å². The van der Waals surface area contributed by atoms with Gasteiger partial charge < -0.3 is 9.84 Å². The highest BCUT2D eigenvalue weighted by molar-refractivity contribution is 7.81. The summed E-state index contributed by atoms with van der Waals surface area (Å²) in [6, 6.07) is 3.84. The van der Waals surface area contributed by atoms with Crippen LogP contribution in [0.15, 0.2) is 12.1 Å². The molecule has 0 aliphatic rings. The maximum absolute atomic E-state index is 11.6. The van der Waals surface area contributed by atoms with E-state index in [-0.39, 0.29) is 23.4 Å². The van der Waals surface area contributed by atoms with Crippen molar-refractivity contribution < 1.29 is 14.6 Å². The van der Waals surface area contributed by atoms with Gasteiger partial charge in [0.1, 0.15) is 12.4 Å². The molecule has 0 fully saturated rings. The minimum atomic E-state index is -0.443. The van der Waals surface area contributed by atoms with E-state index in [4.69, 9.17) is 4.74 Å². The first-order chi connectivity index (χ1) is 9.84. The summed E-state index contributed by atoms with van der Waals surface area (Å²) >= 11 is 4.07. The van der Waals surface area contributed by atoms with Crippen LogP contribution < -0.4 is 0 Å². The first kappa shape index (κ1) is 18.9. The summed E-state index contributed by atoms with van der Waals surface area (Å²) < 4.78 is 5.27. The van der Waals surface area contributed by atoms with Gasteiger partial charge in [0.05, 0.1) is 5.25 Å². The average Bonchev–Trinajstić information content (AvgIpc) is 2.33. The number of thiol groups is 1. The van der Waals surface area contributed by atoms with Crippen molar-refractivity contribution in [1.29, 1.82) is 0 Å². The Kier molecular flexibility index (Phi) is 5.61. The number of rotatable bonds is 3. The molecule has 3 nitrogen and oxygen atoms in total. The maximum atomic E-state index is 11.6. The number of hydrogen-bond acceptors (Lipinski definition) is 4. The summed E-state index contributed by atoms with van der Waals surface area (Å²) in [6.45, 7) is 14.2. The van der Waals surface area contributed by atoms with Gasteiger partial charge in [-0.2, -0.15) is 12.6 Å². The Morgan fingerprint density at radius 3 is 1.86 bits per heavy atom. The predicted molar refractivity (Wildman–Crippen MR) is 93.8 cm³/mol. The Bertz CT molecular complexity index is 513. The molecule has 0 radical (unpaired) electrons. The van der Waals surface area contributed by atoms with Crippen molar-refractivity contribution in [1.82, 2.24) is 0 Å². The van der Waals surface area contributed by atoms with Crippen LogP contribution in [0.4, 0.5) is 0 Å². The number of carbonyl (C=O) groups excluding carboxylic acids is 1. The first-order valence-corrected chi connectivity index (χ1v) is 8.07. The minimum Gasteiger partial charge on any atom is -0.507 e. The number of esters is 1. The van der Waals surface area contributed by atoms with Crippen molar-refractivity contribution >= 4 is 18.6 Å². The molecule has 0 heterocycles. The zero-order chi connectivity index (χ0) is 17.3. The van der Waals surface area contributed by atoms with E-state index in [1.54, 1.807) is 6.92 Å². The Balaban J connectivity index is 3.27. The van der Waals surface area contributed by atoms with Gasteiger partial charge >= 0.3 is 5.97 Å². The number of phenolic OH excluding ortho intramolecular Hbond substituents is 1. The fourth-order valence-corrected chi connectivity index (χ4v) is 2.27. The van der Waals surface area contributed by atoms with Crippen LogP contribution in [-0.2, 0) is 27.0 Å². The summed E-state index contributed by atoms with van der Waals surface area (Å²) in [5.74, 6) is -0.0105. The lowest BCUT2D eigenvalue weighted by Gasteiger charge is -2.28. The number of phenols is 1. The molecule has 0 spiro atoms. The minimum absolute atomic E-state index is 0.191. The lowest BCUT2D eigenvalue weighted by molar-refractivity contribution is -0.143. The molecule has 1 aromatic rings. The van der Waals surface area contributed by atoms with Gasteiger partial charge in [-0.05, 0) is 46.6 Å². The van der Waals surface area contributed by atoms with E-state index in [0.717, 1.165) is 16.7 Å². The molecule has 1 aromatic carbocycles. The molecule has 0 bridgehead atoms. The molecule has 0 saturated carbocycles. The van der Waals surface area contributed by atoms with Gasteiger partial charge in [-0.15, -0.1) is 0 Å². The third kappa shape index (κ3) is 4.67. The molecule has 0 saturated heterocycles. The fourth-order valence-electron chi connectivity index (χ4n) is 2.20. The zero-order valence-electron chi connectivity index (χ0n) is 14.7. The Labute approximate surface area is 139 Å². The number of ether oxygens (including phenoxy) is 1. The van der Waals surface area contributed by atoms with Crippen LogP contribution in [0, 0.1) is 0 Å². The van der Waals surface area contributed by atoms with E-state index >= 15 is 0 Å². The van der Waals surface area contributed by atoms with Gasteiger partial charge in [-0.1, -0.05) is 41.5 Å². The van der Waals surface area contributed by atoms with Crippen molar-refractivity contribution in [3.63, 3.8) is 0 Å². The quantitative estimate of drug-likeness (QED) is 0.642. The second-order valence-corrected chi connectivity index (χ2v) is 8.60. The molecule has 124 valence electrons. The normalized spacial score (nSPS) is 13.8. The molecule has 22 heavy (non-hydrogen) atoms. The van der Waals surface area contributed by atoms with Gasteiger partial charge in [0.15, 0.2) is 0 Å². The second kappa shape index (κ2) is 6.53. The second-order valence-electron chi connectivity index (χ2n) is 7.82. The maximum Gasteiger partial charge on any atom is 0.318 e. The lowest BCUT2D eigenvalue weighted by atomic mass is 9.78. The molecule has 1 N–H and O–H groups in total. The van der Waals surface area contributed by atoms with Gasteiger partial charge in [0.2, 0.25) is 0 Å². The first-order valence-electron chi connectivity index (χ1n) is 7.55. The van der Waals surface area contributed by atoms with E-state index < -0.39 is 5.25 Å². The molecule has 0 aromatic heterocycles. The number of aromatic hydroxyl groups is 1. The van der Waals surface area contributed by atoms with Crippen LogP contribution in [0.2, 0.25) is 0 Å². The summed E-state index contributed by atoms with van der Waals surface area (Å²) in [5.41, 5.74) is 2.23. The van der Waals surface area contributed by atoms with Gasteiger partial charge in [0, 0.05) is 0 Å². The fraction of sp³-hybridized carbons (Fsp3) is 0.611. The van der Waals surface area contributed by atoms with Crippen LogP contribution in [0.5, 0.6) is 5.75 Å². The topological polar surface area (TPSA) is 46.5 Å². The van der Waals surface area contributed by atoms with Crippen molar-refractivity contribution in [3.8, 4) is 5.75 Å². The van der Waals surface area contributed by atoms with E-state index in [0.29, 0.717) is 5.75 Å². The van der Waals surface area contributed by atoms with Crippen molar-refractivity contribution in [2.75, 3.05) is 0 Å². The highest BCUT2D eigenvalue weighted by Crippen LogP contribution is 2.39. The van der Waals surface area contributed by atoms with E-state index in [9.17, 15) is 9.90 Å². The molecule has 0 aliphatic carbocycles. The highest BCUT2D eigenvalue weighted by atomic mass is 32.1. The molecule has 1 rings (SSSR count). The standard InChI is InChI=1S/C18H28O3S/c1-11(22)16(20)21-10-12-8-13(17(2,3)4)15(19)14(9-12)18(5,6)7/h8-9,11,19,22H,10H2,1-7H3. The molecule has 1 atom stereocenters. The highest BCUT2D eigenvalue weighted by Gasteiger charge is 2.26. The summed E-state index contributed by atoms with van der Waals surface area (Å²) in [6.07, 6.45) is 0. The summed E-state index contributed by atoms with van der Waals surface area (Å²) in [4.78, 5) is 11.6. The van der Waals surface area contributed by atoms with E-state index in [1.807, 2.05) is 12.1 Å². The molecular weight excluding hydrogens is 296 g/mol. The molecule has 1 unspecified atom stereocenters. The zero-order valence-corrected chi connectivity index (χ0v) is 15.5. The van der Waals surface area contributed by atoms with Crippen LogP contribution in [0.3, 0.4) is 0 Å². The van der Waals surface area contributed by atoms with Crippen LogP contribution >= 0.6 is 12.6 Å². The number of carbonyl (C=O) groups is 1. The van der Waals surface area contributed by atoms with Gasteiger partial charge in [-0.25, -0.2) is 0 Å². The molecule has 0 aliphatic heterocycles. The Morgan fingerprint density at radius 2 is 1.55 bits per heavy atom. The van der Waals surface area contributed by atoms with E-state index in [2.05, 4.69) is 54.2 Å². The third-order valence-electron chi connectivity index (χ3n) is 3.51. The van der Waals surface area contributed by atoms with Crippen molar-refractivity contribution in [3.05, 3.63) is 28.8 Å².